The van der Waals surface area contributed by atoms with E-state index in [0.29, 0.717) is 11.4 Å². The summed E-state index contributed by atoms with van der Waals surface area (Å²) in [4.78, 5) is 2.45. The Morgan fingerprint density at radius 1 is 1.33 bits per heavy atom. The molecule has 5 heteroatoms. The first-order chi connectivity index (χ1) is 8.66. The number of nitrogens with one attached hydrogen (secondary N) is 1. The summed E-state index contributed by atoms with van der Waals surface area (Å²) in [5.41, 5.74) is 6.88. The molecular formula is C13H19ClFN3. The van der Waals surface area contributed by atoms with Gasteiger partial charge in [-0.15, -0.1) is 0 Å². The lowest BCUT2D eigenvalue weighted by atomic mass is 10.2. The quantitative estimate of drug-likeness (QED) is 0.639. The van der Waals surface area contributed by atoms with Crippen LogP contribution in [0.5, 0.6) is 0 Å². The molecule has 1 aliphatic rings. The van der Waals surface area contributed by atoms with Crippen molar-refractivity contribution in [3.63, 3.8) is 0 Å². The Morgan fingerprint density at radius 2 is 2.06 bits per heavy atom. The molecule has 0 saturated carbocycles. The van der Waals surface area contributed by atoms with Crippen molar-refractivity contribution < 1.29 is 4.39 Å². The zero-order valence-corrected chi connectivity index (χ0v) is 11.1. The Kier molecular flexibility index (Phi) is 4.66. The van der Waals surface area contributed by atoms with E-state index in [4.69, 9.17) is 17.3 Å². The van der Waals surface area contributed by atoms with Gasteiger partial charge in [-0.1, -0.05) is 11.6 Å². The molecule has 0 unspecified atom stereocenters. The molecule has 100 valence electrons. The number of anilines is 2. The minimum absolute atomic E-state index is 0.0649. The van der Waals surface area contributed by atoms with Crippen LogP contribution in [0, 0.1) is 5.82 Å². The zero-order valence-electron chi connectivity index (χ0n) is 10.4. The molecule has 1 fully saturated rings. The van der Waals surface area contributed by atoms with E-state index < -0.39 is 5.82 Å². The number of likely N-dealkylation sites (tertiary alicyclic amines) is 1. The number of hydrogen-bond donors (Lipinski definition) is 2. The lowest BCUT2D eigenvalue weighted by Gasteiger charge is -2.15. The van der Waals surface area contributed by atoms with Crippen molar-refractivity contribution in [3.8, 4) is 0 Å². The van der Waals surface area contributed by atoms with Crippen LogP contribution >= 0.6 is 11.6 Å². The van der Waals surface area contributed by atoms with Crippen LogP contribution in [0.1, 0.15) is 19.3 Å². The van der Waals surface area contributed by atoms with E-state index in [1.54, 1.807) is 0 Å². The molecule has 18 heavy (non-hydrogen) atoms. The average Bonchev–Trinajstić information content (AvgIpc) is 2.84. The van der Waals surface area contributed by atoms with Crippen LogP contribution in [-0.2, 0) is 0 Å². The topological polar surface area (TPSA) is 41.3 Å². The van der Waals surface area contributed by atoms with Crippen molar-refractivity contribution in [1.82, 2.24) is 4.90 Å². The highest BCUT2D eigenvalue weighted by molar-refractivity contribution is 6.31. The van der Waals surface area contributed by atoms with Gasteiger partial charge in [0.05, 0.1) is 16.4 Å². The highest BCUT2D eigenvalue weighted by Gasteiger charge is 2.10. The second-order valence-electron chi connectivity index (χ2n) is 4.68. The zero-order chi connectivity index (χ0) is 13.0. The van der Waals surface area contributed by atoms with Gasteiger partial charge in [0, 0.05) is 12.6 Å². The Labute approximate surface area is 112 Å². The predicted octanol–water partition coefficient (Wildman–Crippen LogP) is 2.96. The molecule has 2 rings (SSSR count). The molecule has 1 saturated heterocycles. The van der Waals surface area contributed by atoms with E-state index in [2.05, 4.69) is 10.2 Å². The molecule has 1 aromatic carbocycles. The van der Waals surface area contributed by atoms with Gasteiger partial charge >= 0.3 is 0 Å². The van der Waals surface area contributed by atoms with E-state index >= 15 is 0 Å². The van der Waals surface area contributed by atoms with E-state index in [9.17, 15) is 4.39 Å². The predicted molar refractivity (Wildman–Crippen MR) is 74.6 cm³/mol. The van der Waals surface area contributed by atoms with Crippen molar-refractivity contribution in [2.24, 2.45) is 0 Å². The molecule has 0 spiro atoms. The molecule has 1 aromatic rings. The lowest BCUT2D eigenvalue weighted by Crippen LogP contribution is -2.22. The highest BCUT2D eigenvalue weighted by Crippen LogP contribution is 2.25. The third-order valence-electron chi connectivity index (χ3n) is 3.26. The summed E-state index contributed by atoms with van der Waals surface area (Å²) in [6.45, 7) is 4.29. The molecule has 0 radical (unpaired) electrons. The number of rotatable bonds is 5. The maximum atomic E-state index is 13.3. The number of nitrogens with zero attached hydrogens (tertiary/aromatic N) is 1. The number of halogens is 2. The third kappa shape index (κ3) is 3.50. The maximum absolute atomic E-state index is 13.3. The Bertz CT molecular complexity index is 405. The van der Waals surface area contributed by atoms with Crippen LogP contribution in [0.4, 0.5) is 15.8 Å². The van der Waals surface area contributed by atoms with Gasteiger partial charge in [-0.3, -0.25) is 0 Å². The second-order valence-corrected chi connectivity index (χ2v) is 5.09. The van der Waals surface area contributed by atoms with E-state index in [-0.39, 0.29) is 5.02 Å². The number of nitrogen functional groups attached to an aromatic ring is 1. The lowest BCUT2D eigenvalue weighted by molar-refractivity contribution is 0.337. The van der Waals surface area contributed by atoms with Gasteiger partial charge < -0.3 is 16.0 Å². The largest absolute Gasteiger partial charge is 0.397 e. The fourth-order valence-corrected chi connectivity index (χ4v) is 2.42. The SMILES string of the molecule is Nc1cc(Cl)c(F)cc1NCCCN1CCCC1. The normalized spacial score (nSPS) is 16.1. The molecule has 0 aliphatic carbocycles. The van der Waals surface area contributed by atoms with Crippen LogP contribution in [0.3, 0.4) is 0 Å². The standard InChI is InChI=1S/C13H19ClFN3/c14-10-8-12(16)13(9-11(10)15)17-4-3-7-18-5-1-2-6-18/h8-9,17H,1-7,16H2. The summed E-state index contributed by atoms with van der Waals surface area (Å²) in [7, 11) is 0. The first-order valence-corrected chi connectivity index (χ1v) is 6.75. The van der Waals surface area contributed by atoms with Crippen molar-refractivity contribution >= 4 is 23.0 Å². The molecule has 1 heterocycles. The summed E-state index contributed by atoms with van der Waals surface area (Å²) in [5, 5.41) is 3.22. The second kappa shape index (κ2) is 6.25. The highest BCUT2D eigenvalue weighted by atomic mass is 35.5. The molecule has 0 aromatic heterocycles. The van der Waals surface area contributed by atoms with Gasteiger partial charge in [0.15, 0.2) is 0 Å². The van der Waals surface area contributed by atoms with Crippen LogP contribution < -0.4 is 11.1 Å². The van der Waals surface area contributed by atoms with Crippen LogP contribution in [0.2, 0.25) is 5.02 Å². The summed E-state index contributed by atoms with van der Waals surface area (Å²) >= 11 is 5.64. The minimum Gasteiger partial charge on any atom is -0.397 e. The van der Waals surface area contributed by atoms with Crippen molar-refractivity contribution in [3.05, 3.63) is 23.0 Å². The Morgan fingerprint density at radius 3 is 2.78 bits per heavy atom. The van der Waals surface area contributed by atoms with Crippen LogP contribution in [0.25, 0.3) is 0 Å². The fourth-order valence-electron chi connectivity index (χ4n) is 2.25. The molecule has 0 bridgehead atoms. The van der Waals surface area contributed by atoms with E-state index in [0.717, 1.165) is 19.5 Å². The summed E-state index contributed by atoms with van der Waals surface area (Å²) < 4.78 is 13.3. The molecular weight excluding hydrogens is 253 g/mol. The Hall–Kier alpha value is -1.00. The van der Waals surface area contributed by atoms with E-state index in [1.807, 2.05) is 0 Å². The monoisotopic (exact) mass is 271 g/mol. The molecule has 3 N–H and O–H groups in total. The number of hydrogen-bond acceptors (Lipinski definition) is 3. The van der Waals surface area contributed by atoms with Gasteiger partial charge in [-0.05, 0) is 45.0 Å². The average molecular weight is 272 g/mol. The molecule has 0 atom stereocenters. The number of benzene rings is 1. The summed E-state index contributed by atoms with van der Waals surface area (Å²) in [6.07, 6.45) is 3.65. The first kappa shape index (κ1) is 13.4. The molecule has 3 nitrogen and oxygen atoms in total. The van der Waals surface area contributed by atoms with Crippen molar-refractivity contribution in [1.29, 1.82) is 0 Å². The van der Waals surface area contributed by atoms with Gasteiger partial charge in [0.1, 0.15) is 5.82 Å². The van der Waals surface area contributed by atoms with Crippen molar-refractivity contribution in [2.45, 2.75) is 19.3 Å². The minimum atomic E-state index is -0.437. The first-order valence-electron chi connectivity index (χ1n) is 6.37. The van der Waals surface area contributed by atoms with Gasteiger partial charge in [-0.2, -0.15) is 0 Å². The Balaban J connectivity index is 1.77. The van der Waals surface area contributed by atoms with Crippen molar-refractivity contribution in [2.75, 3.05) is 37.2 Å². The maximum Gasteiger partial charge on any atom is 0.143 e. The fraction of sp³-hybridized carbons (Fsp3) is 0.538. The summed E-state index contributed by atoms with van der Waals surface area (Å²) in [6, 6.07) is 2.80. The molecule has 1 aliphatic heterocycles. The third-order valence-corrected chi connectivity index (χ3v) is 3.55. The molecule has 0 amide bonds. The van der Waals surface area contributed by atoms with Gasteiger partial charge in [-0.25, -0.2) is 4.39 Å². The smallest absolute Gasteiger partial charge is 0.143 e. The van der Waals surface area contributed by atoms with Gasteiger partial charge in [0.2, 0.25) is 0 Å². The number of nitrogens with two attached hydrogens (primary N) is 1. The summed E-state index contributed by atoms with van der Waals surface area (Å²) in [5.74, 6) is -0.437. The van der Waals surface area contributed by atoms with Gasteiger partial charge in [0.25, 0.3) is 0 Å². The van der Waals surface area contributed by atoms with E-state index in [1.165, 1.54) is 38.1 Å². The van der Waals surface area contributed by atoms with Crippen LogP contribution in [0.15, 0.2) is 12.1 Å². The van der Waals surface area contributed by atoms with Crippen LogP contribution in [-0.4, -0.2) is 31.1 Å².